The van der Waals surface area contributed by atoms with Crippen LogP contribution in [0.15, 0.2) is 48.5 Å². The van der Waals surface area contributed by atoms with Gasteiger partial charge in [0.25, 0.3) is 0 Å². The van der Waals surface area contributed by atoms with Crippen LogP contribution in [0, 0.1) is 17.7 Å². The number of hydrogen-bond acceptors (Lipinski definition) is 2. The summed E-state index contributed by atoms with van der Waals surface area (Å²) in [5.74, 6) is -0.167. The number of carbonyl (C=O) groups is 2. The van der Waals surface area contributed by atoms with Crippen LogP contribution >= 0.6 is 0 Å². The highest BCUT2D eigenvalue weighted by molar-refractivity contribution is 5.83. The lowest BCUT2D eigenvalue weighted by Crippen LogP contribution is -2.40. The third-order valence-electron chi connectivity index (χ3n) is 6.13. The Bertz CT molecular complexity index is 875. The summed E-state index contributed by atoms with van der Waals surface area (Å²) in [6, 6.07) is 14.4. The lowest BCUT2D eigenvalue weighted by molar-refractivity contribution is -0.136. The number of nitrogens with zero attached hydrogens (tertiary/aromatic N) is 1. The van der Waals surface area contributed by atoms with Crippen LogP contribution in [0.25, 0.3) is 11.1 Å². The summed E-state index contributed by atoms with van der Waals surface area (Å²) < 4.78 is 14.0. The van der Waals surface area contributed by atoms with Crippen LogP contribution < -0.4 is 5.32 Å². The summed E-state index contributed by atoms with van der Waals surface area (Å²) >= 11 is 0. The molecule has 2 aromatic rings. The minimum absolute atomic E-state index is 0.00454. The van der Waals surface area contributed by atoms with Crippen molar-refractivity contribution in [3.63, 3.8) is 0 Å². The van der Waals surface area contributed by atoms with Crippen molar-refractivity contribution in [2.45, 2.75) is 32.1 Å². The highest BCUT2D eigenvalue weighted by Gasteiger charge is 2.32. The molecule has 1 saturated heterocycles. The fourth-order valence-electron chi connectivity index (χ4n) is 4.49. The number of amides is 2. The molecule has 0 aromatic heterocycles. The molecule has 152 valence electrons. The molecule has 1 atom stereocenters. The van der Waals surface area contributed by atoms with Gasteiger partial charge < -0.3 is 10.2 Å². The lowest BCUT2D eigenvalue weighted by Gasteiger charge is -2.26. The van der Waals surface area contributed by atoms with Crippen molar-refractivity contribution in [1.82, 2.24) is 10.2 Å². The van der Waals surface area contributed by atoms with E-state index in [9.17, 15) is 14.0 Å². The zero-order valence-corrected chi connectivity index (χ0v) is 16.6. The Balaban J connectivity index is 1.46. The van der Waals surface area contributed by atoms with Gasteiger partial charge in [-0.2, -0.15) is 0 Å². The van der Waals surface area contributed by atoms with E-state index in [1.165, 1.54) is 6.07 Å². The minimum atomic E-state index is -0.262. The fraction of sp³-hybridized carbons (Fsp3) is 0.417. The first-order valence-corrected chi connectivity index (χ1v) is 10.5. The Morgan fingerprint density at radius 3 is 2.52 bits per heavy atom. The Kier molecular flexibility index (Phi) is 5.93. The Morgan fingerprint density at radius 1 is 1.07 bits per heavy atom. The largest absolute Gasteiger partial charge is 0.354 e. The number of benzene rings is 2. The summed E-state index contributed by atoms with van der Waals surface area (Å²) in [6.07, 6.45) is 4.76. The van der Waals surface area contributed by atoms with Gasteiger partial charge >= 0.3 is 0 Å². The molecule has 2 aromatic carbocycles. The average molecular weight is 394 g/mol. The molecule has 2 amide bonds. The maximum atomic E-state index is 14.0. The van der Waals surface area contributed by atoms with Crippen LogP contribution in [0.3, 0.4) is 0 Å². The summed E-state index contributed by atoms with van der Waals surface area (Å²) in [5.41, 5.74) is 2.40. The predicted octanol–water partition coefficient (Wildman–Crippen LogP) is 3.80. The van der Waals surface area contributed by atoms with Crippen molar-refractivity contribution in [1.29, 1.82) is 0 Å². The zero-order valence-electron chi connectivity index (χ0n) is 16.6. The standard InChI is InChI=1S/C24H27FN2O2/c25-22-8-4-3-7-21(22)18-11-9-17(10-12-18)15-20-16-27(14-13-26-23(20)28)24(29)19-5-1-2-6-19/h3-4,7-12,19-20H,1-2,5-6,13-16H2,(H,26,28)/t20-/m1/s1. The van der Waals surface area contributed by atoms with Crippen molar-refractivity contribution >= 4 is 11.8 Å². The number of rotatable bonds is 4. The number of halogens is 1. The third-order valence-corrected chi connectivity index (χ3v) is 6.13. The monoisotopic (exact) mass is 394 g/mol. The molecule has 5 heteroatoms. The van der Waals surface area contributed by atoms with Gasteiger partial charge in [0.2, 0.25) is 11.8 Å². The second-order valence-corrected chi connectivity index (χ2v) is 8.13. The van der Waals surface area contributed by atoms with Crippen LogP contribution in [-0.2, 0) is 16.0 Å². The molecule has 1 aliphatic heterocycles. The number of nitrogens with one attached hydrogen (secondary N) is 1. The maximum Gasteiger partial charge on any atom is 0.225 e. The topological polar surface area (TPSA) is 49.4 Å². The van der Waals surface area contributed by atoms with E-state index in [0.717, 1.165) is 36.8 Å². The van der Waals surface area contributed by atoms with Crippen LogP contribution in [0.2, 0.25) is 0 Å². The van der Waals surface area contributed by atoms with Gasteiger partial charge in [0, 0.05) is 31.1 Å². The predicted molar refractivity (Wildman–Crippen MR) is 111 cm³/mol. The van der Waals surface area contributed by atoms with E-state index < -0.39 is 0 Å². The van der Waals surface area contributed by atoms with Crippen molar-refractivity contribution in [3.8, 4) is 11.1 Å². The van der Waals surface area contributed by atoms with E-state index in [-0.39, 0.29) is 29.5 Å². The van der Waals surface area contributed by atoms with Gasteiger partial charge in [-0.25, -0.2) is 4.39 Å². The zero-order chi connectivity index (χ0) is 20.2. The van der Waals surface area contributed by atoms with Crippen LogP contribution in [0.4, 0.5) is 4.39 Å². The van der Waals surface area contributed by atoms with Crippen LogP contribution in [0.5, 0.6) is 0 Å². The quantitative estimate of drug-likeness (QED) is 0.858. The normalized spacial score (nSPS) is 20.4. The molecule has 4 nitrogen and oxygen atoms in total. The van der Waals surface area contributed by atoms with E-state index in [2.05, 4.69) is 5.32 Å². The molecule has 4 rings (SSSR count). The minimum Gasteiger partial charge on any atom is -0.354 e. The van der Waals surface area contributed by atoms with E-state index in [0.29, 0.717) is 31.6 Å². The van der Waals surface area contributed by atoms with Crippen molar-refractivity contribution in [2.24, 2.45) is 11.8 Å². The molecular formula is C24H27FN2O2. The Labute approximate surface area is 171 Å². The highest BCUT2D eigenvalue weighted by atomic mass is 19.1. The second kappa shape index (κ2) is 8.76. The summed E-state index contributed by atoms with van der Waals surface area (Å²) in [4.78, 5) is 27.3. The summed E-state index contributed by atoms with van der Waals surface area (Å²) in [5, 5.41) is 2.95. The van der Waals surface area contributed by atoms with Crippen molar-refractivity contribution in [3.05, 3.63) is 59.9 Å². The molecule has 0 unspecified atom stereocenters. The van der Waals surface area contributed by atoms with Gasteiger partial charge in [0.1, 0.15) is 5.82 Å². The lowest BCUT2D eigenvalue weighted by atomic mass is 9.95. The molecule has 2 fully saturated rings. The van der Waals surface area contributed by atoms with Crippen molar-refractivity contribution in [2.75, 3.05) is 19.6 Å². The smallest absolute Gasteiger partial charge is 0.225 e. The van der Waals surface area contributed by atoms with Gasteiger partial charge in [-0.05, 0) is 36.5 Å². The highest BCUT2D eigenvalue weighted by Crippen LogP contribution is 2.28. The Hall–Kier alpha value is -2.69. The van der Waals surface area contributed by atoms with Crippen LogP contribution in [0.1, 0.15) is 31.2 Å². The molecule has 1 heterocycles. The van der Waals surface area contributed by atoms with E-state index in [1.807, 2.05) is 35.2 Å². The fourth-order valence-corrected chi connectivity index (χ4v) is 4.49. The van der Waals surface area contributed by atoms with Gasteiger partial charge in [-0.15, -0.1) is 0 Å². The molecule has 1 aliphatic carbocycles. The first kappa shape index (κ1) is 19.6. The summed E-state index contributed by atoms with van der Waals surface area (Å²) in [7, 11) is 0. The molecule has 1 saturated carbocycles. The van der Waals surface area contributed by atoms with E-state index >= 15 is 0 Å². The first-order valence-electron chi connectivity index (χ1n) is 10.5. The van der Waals surface area contributed by atoms with Gasteiger partial charge in [0.15, 0.2) is 0 Å². The van der Waals surface area contributed by atoms with Gasteiger partial charge in [-0.1, -0.05) is 55.3 Å². The third kappa shape index (κ3) is 4.50. The molecular weight excluding hydrogens is 367 g/mol. The SMILES string of the molecule is O=C1NCCN(C(=O)C2CCCC2)C[C@H]1Cc1ccc(-c2ccccc2F)cc1. The first-order chi connectivity index (χ1) is 14.1. The number of hydrogen-bond donors (Lipinski definition) is 1. The average Bonchev–Trinajstić information content (AvgIpc) is 3.21. The van der Waals surface area contributed by atoms with E-state index in [1.54, 1.807) is 12.1 Å². The number of carbonyl (C=O) groups excluding carboxylic acids is 2. The molecule has 1 N–H and O–H groups in total. The molecule has 0 radical (unpaired) electrons. The Morgan fingerprint density at radius 2 is 1.79 bits per heavy atom. The van der Waals surface area contributed by atoms with Gasteiger partial charge in [0.05, 0.1) is 5.92 Å². The second-order valence-electron chi connectivity index (χ2n) is 8.13. The van der Waals surface area contributed by atoms with Crippen LogP contribution in [-0.4, -0.2) is 36.3 Å². The molecule has 0 spiro atoms. The molecule has 0 bridgehead atoms. The summed E-state index contributed by atoms with van der Waals surface area (Å²) in [6.45, 7) is 1.57. The van der Waals surface area contributed by atoms with Gasteiger partial charge in [-0.3, -0.25) is 9.59 Å². The van der Waals surface area contributed by atoms with E-state index in [4.69, 9.17) is 0 Å². The molecule has 2 aliphatic rings. The van der Waals surface area contributed by atoms with Crippen molar-refractivity contribution < 1.29 is 14.0 Å². The maximum absolute atomic E-state index is 14.0. The molecule has 29 heavy (non-hydrogen) atoms.